The lowest BCUT2D eigenvalue weighted by molar-refractivity contribution is -0.125. The molecule has 1 fully saturated rings. The van der Waals surface area contributed by atoms with E-state index >= 15 is 0 Å². The van der Waals surface area contributed by atoms with Gasteiger partial charge in [-0.25, -0.2) is 0 Å². The zero-order valence-corrected chi connectivity index (χ0v) is 10.5. The van der Waals surface area contributed by atoms with E-state index in [0.717, 1.165) is 0 Å². The number of primary amides is 1. The van der Waals surface area contributed by atoms with E-state index < -0.39 is 17.9 Å². The third-order valence-corrected chi connectivity index (χ3v) is 3.35. The van der Waals surface area contributed by atoms with Crippen molar-refractivity contribution in [1.82, 2.24) is 9.88 Å². The predicted octanol–water partition coefficient (Wildman–Crippen LogP) is -0.220. The number of carbonyl (C=O) groups is 2. The molecule has 0 spiro atoms. The van der Waals surface area contributed by atoms with Gasteiger partial charge in [0.05, 0.1) is 12.0 Å². The minimum atomic E-state index is -0.910. The van der Waals surface area contributed by atoms with Crippen LogP contribution in [0.1, 0.15) is 23.3 Å². The maximum Gasteiger partial charge on any atom is 0.272 e. The molecule has 0 aromatic carbocycles. The monoisotopic (exact) mass is 263 g/mol. The van der Waals surface area contributed by atoms with Gasteiger partial charge in [0, 0.05) is 19.3 Å². The Morgan fingerprint density at radius 2 is 2.21 bits per heavy atom. The van der Waals surface area contributed by atoms with Gasteiger partial charge in [0.15, 0.2) is 0 Å². The third kappa shape index (κ3) is 3.08. The molecule has 1 aliphatic rings. The summed E-state index contributed by atoms with van der Waals surface area (Å²) in [6, 6.07) is 5.10. The Labute approximate surface area is 111 Å². The number of pyridine rings is 1. The average Bonchev–Trinajstić information content (AvgIpc) is 2.60. The number of hydrogen-bond donors (Lipinski definition) is 2. The molecule has 2 heterocycles. The van der Waals surface area contributed by atoms with Gasteiger partial charge in [-0.15, -0.1) is 0 Å². The van der Waals surface area contributed by atoms with E-state index in [1.807, 2.05) is 0 Å². The molecule has 2 unspecified atom stereocenters. The van der Waals surface area contributed by atoms with Crippen LogP contribution in [0.25, 0.3) is 0 Å². The molecular formula is C13H17N3O3. The first kappa shape index (κ1) is 13.5. The number of β-amino-alcohol motifs (C(OH)–C–C–N with tert-alkyl or cyclic N) is 1. The number of aromatic nitrogens is 1. The minimum absolute atomic E-state index is 0.114. The van der Waals surface area contributed by atoms with E-state index in [1.165, 1.54) is 4.90 Å². The lowest BCUT2D eigenvalue weighted by Crippen LogP contribution is -2.41. The van der Waals surface area contributed by atoms with Gasteiger partial charge in [-0.2, -0.15) is 0 Å². The van der Waals surface area contributed by atoms with E-state index in [2.05, 4.69) is 4.98 Å². The standard InChI is InChI=1S/C13H17N3O3/c14-12(18)9-4-3-7-16(8-11(9)17)13(19)10-5-1-2-6-15-10/h1-2,5-6,9,11,17H,3-4,7-8H2,(H2,14,18). The van der Waals surface area contributed by atoms with Crippen molar-refractivity contribution in [2.24, 2.45) is 11.7 Å². The van der Waals surface area contributed by atoms with Crippen LogP contribution in [0.2, 0.25) is 0 Å². The highest BCUT2D eigenvalue weighted by Gasteiger charge is 2.31. The van der Waals surface area contributed by atoms with Gasteiger partial charge in [0.25, 0.3) is 5.91 Å². The number of carbonyl (C=O) groups excluding carboxylic acids is 2. The first-order valence-electron chi connectivity index (χ1n) is 6.27. The summed E-state index contributed by atoms with van der Waals surface area (Å²) in [6.45, 7) is 0.610. The van der Waals surface area contributed by atoms with Crippen LogP contribution in [0.5, 0.6) is 0 Å². The molecule has 0 bridgehead atoms. The largest absolute Gasteiger partial charge is 0.390 e. The lowest BCUT2D eigenvalue weighted by Gasteiger charge is -2.23. The molecule has 3 N–H and O–H groups in total. The Balaban J connectivity index is 2.10. The first-order chi connectivity index (χ1) is 9.09. The van der Waals surface area contributed by atoms with Crippen molar-refractivity contribution < 1.29 is 14.7 Å². The molecule has 102 valence electrons. The molecule has 1 aliphatic heterocycles. The fraction of sp³-hybridized carbons (Fsp3) is 0.462. The summed E-state index contributed by atoms with van der Waals surface area (Å²) in [5.41, 5.74) is 5.59. The summed E-state index contributed by atoms with van der Waals surface area (Å²) in [5, 5.41) is 9.97. The highest BCUT2D eigenvalue weighted by molar-refractivity contribution is 5.92. The number of nitrogens with two attached hydrogens (primary N) is 1. The zero-order valence-electron chi connectivity index (χ0n) is 10.5. The summed E-state index contributed by atoms with van der Waals surface area (Å²) >= 11 is 0. The van der Waals surface area contributed by atoms with Crippen molar-refractivity contribution >= 4 is 11.8 Å². The van der Waals surface area contributed by atoms with Gasteiger partial charge in [-0.3, -0.25) is 14.6 Å². The molecule has 6 heteroatoms. The smallest absolute Gasteiger partial charge is 0.272 e. The SMILES string of the molecule is NC(=O)C1CCCN(C(=O)c2ccccn2)CC1O. The summed E-state index contributed by atoms with van der Waals surface area (Å²) in [6.07, 6.45) is 1.78. The molecule has 0 saturated carbocycles. The highest BCUT2D eigenvalue weighted by atomic mass is 16.3. The molecule has 2 amide bonds. The summed E-state index contributed by atoms with van der Waals surface area (Å²) < 4.78 is 0. The van der Waals surface area contributed by atoms with Crippen LogP contribution in [0.15, 0.2) is 24.4 Å². The van der Waals surface area contributed by atoms with Crippen molar-refractivity contribution in [3.05, 3.63) is 30.1 Å². The molecule has 0 radical (unpaired) electrons. The Morgan fingerprint density at radius 1 is 1.42 bits per heavy atom. The molecule has 1 aromatic heterocycles. The van der Waals surface area contributed by atoms with Gasteiger partial charge in [0.2, 0.25) is 5.91 Å². The van der Waals surface area contributed by atoms with Crippen LogP contribution in [0, 0.1) is 5.92 Å². The number of aliphatic hydroxyl groups is 1. The van der Waals surface area contributed by atoms with Gasteiger partial charge >= 0.3 is 0 Å². The van der Waals surface area contributed by atoms with Crippen LogP contribution >= 0.6 is 0 Å². The van der Waals surface area contributed by atoms with Crippen molar-refractivity contribution in [2.75, 3.05) is 13.1 Å². The second kappa shape index (κ2) is 5.79. The van der Waals surface area contributed by atoms with Crippen LogP contribution in [-0.2, 0) is 4.79 Å². The number of likely N-dealkylation sites (tertiary alicyclic amines) is 1. The lowest BCUT2D eigenvalue weighted by atomic mass is 9.97. The van der Waals surface area contributed by atoms with E-state index in [9.17, 15) is 14.7 Å². The number of hydrogen-bond acceptors (Lipinski definition) is 4. The molecule has 6 nitrogen and oxygen atoms in total. The van der Waals surface area contributed by atoms with Crippen LogP contribution < -0.4 is 5.73 Å². The van der Waals surface area contributed by atoms with Crippen LogP contribution in [-0.4, -0.2) is 46.0 Å². The molecule has 2 atom stereocenters. The van der Waals surface area contributed by atoms with Crippen LogP contribution in [0.3, 0.4) is 0 Å². The fourth-order valence-corrected chi connectivity index (χ4v) is 2.31. The molecule has 1 aromatic rings. The molecular weight excluding hydrogens is 246 g/mol. The van der Waals surface area contributed by atoms with Gasteiger partial charge in [0.1, 0.15) is 5.69 Å². The maximum absolute atomic E-state index is 12.2. The normalized spacial score (nSPS) is 23.7. The van der Waals surface area contributed by atoms with E-state index in [4.69, 9.17) is 5.73 Å². The van der Waals surface area contributed by atoms with Crippen molar-refractivity contribution in [3.8, 4) is 0 Å². The fourth-order valence-electron chi connectivity index (χ4n) is 2.31. The van der Waals surface area contributed by atoms with Crippen molar-refractivity contribution in [2.45, 2.75) is 18.9 Å². The summed E-state index contributed by atoms with van der Waals surface area (Å²) in [4.78, 5) is 28.9. The van der Waals surface area contributed by atoms with Crippen LogP contribution in [0.4, 0.5) is 0 Å². The average molecular weight is 263 g/mol. The Bertz CT molecular complexity index is 463. The topological polar surface area (TPSA) is 96.5 Å². The maximum atomic E-state index is 12.2. The van der Waals surface area contributed by atoms with E-state index in [-0.39, 0.29) is 12.5 Å². The quantitative estimate of drug-likeness (QED) is 0.771. The predicted molar refractivity (Wildman–Crippen MR) is 68.1 cm³/mol. The zero-order chi connectivity index (χ0) is 13.8. The second-order valence-electron chi connectivity index (χ2n) is 4.68. The number of rotatable bonds is 2. The van der Waals surface area contributed by atoms with E-state index in [0.29, 0.717) is 25.1 Å². The Morgan fingerprint density at radius 3 is 2.84 bits per heavy atom. The molecule has 1 saturated heterocycles. The Kier molecular flexibility index (Phi) is 4.11. The van der Waals surface area contributed by atoms with Crippen molar-refractivity contribution in [3.63, 3.8) is 0 Å². The van der Waals surface area contributed by atoms with Gasteiger partial charge < -0.3 is 15.7 Å². The second-order valence-corrected chi connectivity index (χ2v) is 4.68. The first-order valence-corrected chi connectivity index (χ1v) is 6.27. The molecule has 2 rings (SSSR count). The summed E-state index contributed by atoms with van der Waals surface area (Å²) in [5.74, 6) is -1.33. The number of amides is 2. The third-order valence-electron chi connectivity index (χ3n) is 3.35. The highest BCUT2D eigenvalue weighted by Crippen LogP contribution is 2.19. The van der Waals surface area contributed by atoms with E-state index in [1.54, 1.807) is 24.4 Å². The molecule has 19 heavy (non-hydrogen) atoms. The van der Waals surface area contributed by atoms with Gasteiger partial charge in [-0.05, 0) is 25.0 Å². The minimum Gasteiger partial charge on any atom is -0.390 e. The summed E-state index contributed by atoms with van der Waals surface area (Å²) in [7, 11) is 0. The number of nitrogens with zero attached hydrogens (tertiary/aromatic N) is 2. The van der Waals surface area contributed by atoms with Crippen molar-refractivity contribution in [1.29, 1.82) is 0 Å². The van der Waals surface area contributed by atoms with Gasteiger partial charge in [-0.1, -0.05) is 6.07 Å². The molecule has 0 aliphatic carbocycles. The Hall–Kier alpha value is -1.95. The number of aliphatic hydroxyl groups excluding tert-OH is 1.